The van der Waals surface area contributed by atoms with Gasteiger partial charge in [0.05, 0.1) is 9.21 Å². The van der Waals surface area contributed by atoms with Crippen molar-refractivity contribution in [2.24, 2.45) is 0 Å². The van der Waals surface area contributed by atoms with E-state index < -0.39 is 0 Å². The predicted molar refractivity (Wildman–Crippen MR) is 52.9 cm³/mol. The standard InChI is InChI=1S/C6H6ClN5S/c7-4-2-1-3(13-4)5-10-11-6(8)12(5)9/h1-2H,9H2,(H2,8,11). The normalized spacial score (nSPS) is 10.5. The summed E-state index contributed by atoms with van der Waals surface area (Å²) in [5, 5.41) is 7.44. The van der Waals surface area contributed by atoms with Crippen molar-refractivity contribution in [2.75, 3.05) is 11.6 Å². The molecule has 2 aromatic heterocycles. The van der Waals surface area contributed by atoms with E-state index in [1.165, 1.54) is 16.0 Å². The van der Waals surface area contributed by atoms with Crippen molar-refractivity contribution < 1.29 is 0 Å². The molecule has 2 heterocycles. The molecule has 0 aliphatic heterocycles. The molecular weight excluding hydrogens is 210 g/mol. The van der Waals surface area contributed by atoms with Gasteiger partial charge >= 0.3 is 0 Å². The van der Waals surface area contributed by atoms with Crippen LogP contribution in [0.4, 0.5) is 5.95 Å². The highest BCUT2D eigenvalue weighted by molar-refractivity contribution is 7.19. The Balaban J connectivity index is 2.52. The van der Waals surface area contributed by atoms with Crippen molar-refractivity contribution in [2.45, 2.75) is 0 Å². The summed E-state index contributed by atoms with van der Waals surface area (Å²) >= 11 is 7.13. The van der Waals surface area contributed by atoms with Gasteiger partial charge in [-0.2, -0.15) is 0 Å². The third kappa shape index (κ3) is 1.34. The molecule has 2 aromatic rings. The Morgan fingerprint density at radius 1 is 1.38 bits per heavy atom. The summed E-state index contributed by atoms with van der Waals surface area (Å²) in [7, 11) is 0. The Labute approximate surface area is 82.9 Å². The van der Waals surface area contributed by atoms with E-state index in [1.54, 1.807) is 6.07 Å². The third-order valence-electron chi connectivity index (χ3n) is 1.52. The molecule has 7 heteroatoms. The van der Waals surface area contributed by atoms with Crippen molar-refractivity contribution >= 4 is 28.9 Å². The number of thiophene rings is 1. The molecule has 0 radical (unpaired) electrons. The van der Waals surface area contributed by atoms with Crippen LogP contribution in [0, 0.1) is 0 Å². The van der Waals surface area contributed by atoms with Gasteiger partial charge in [0, 0.05) is 0 Å². The van der Waals surface area contributed by atoms with Gasteiger partial charge in [0.1, 0.15) is 0 Å². The van der Waals surface area contributed by atoms with Crippen LogP contribution in [0.2, 0.25) is 4.34 Å². The molecule has 0 bridgehead atoms. The van der Waals surface area contributed by atoms with Crippen LogP contribution in [-0.4, -0.2) is 14.9 Å². The topological polar surface area (TPSA) is 82.8 Å². The number of hydrogen-bond acceptors (Lipinski definition) is 5. The molecule has 0 atom stereocenters. The summed E-state index contributed by atoms with van der Waals surface area (Å²) in [5.41, 5.74) is 5.42. The Kier molecular flexibility index (Phi) is 1.86. The zero-order chi connectivity index (χ0) is 9.42. The van der Waals surface area contributed by atoms with Gasteiger partial charge in [0.15, 0.2) is 5.82 Å². The number of nitrogens with zero attached hydrogens (tertiary/aromatic N) is 3. The van der Waals surface area contributed by atoms with Gasteiger partial charge in [0.2, 0.25) is 5.95 Å². The first kappa shape index (κ1) is 8.33. The molecule has 0 unspecified atom stereocenters. The number of anilines is 1. The molecule has 0 saturated heterocycles. The lowest BCUT2D eigenvalue weighted by Gasteiger charge is -1.96. The second-order valence-electron chi connectivity index (χ2n) is 2.36. The van der Waals surface area contributed by atoms with E-state index in [-0.39, 0.29) is 5.95 Å². The third-order valence-corrected chi connectivity index (χ3v) is 2.74. The minimum absolute atomic E-state index is 0.180. The molecule has 0 aliphatic carbocycles. The Bertz CT molecular complexity index is 434. The monoisotopic (exact) mass is 215 g/mol. The number of rotatable bonds is 1. The molecule has 68 valence electrons. The van der Waals surface area contributed by atoms with Crippen LogP contribution in [0.5, 0.6) is 0 Å². The first-order valence-electron chi connectivity index (χ1n) is 3.40. The summed E-state index contributed by atoms with van der Waals surface area (Å²) in [4.78, 5) is 0.844. The molecule has 0 saturated carbocycles. The van der Waals surface area contributed by atoms with Crippen molar-refractivity contribution in [3.63, 3.8) is 0 Å². The van der Waals surface area contributed by atoms with Gasteiger partial charge in [-0.1, -0.05) is 11.6 Å². The Morgan fingerprint density at radius 2 is 2.15 bits per heavy atom. The maximum Gasteiger partial charge on any atom is 0.241 e. The summed E-state index contributed by atoms with van der Waals surface area (Å²) < 4.78 is 1.90. The summed E-state index contributed by atoms with van der Waals surface area (Å²) in [6.07, 6.45) is 0. The SMILES string of the molecule is Nc1nnc(-c2ccc(Cl)s2)n1N. The summed E-state index contributed by atoms with van der Waals surface area (Å²) in [6, 6.07) is 3.59. The zero-order valence-electron chi connectivity index (χ0n) is 6.44. The minimum atomic E-state index is 0.180. The molecule has 2 rings (SSSR count). The molecule has 0 amide bonds. The highest BCUT2D eigenvalue weighted by Gasteiger charge is 2.10. The lowest BCUT2D eigenvalue weighted by Crippen LogP contribution is -2.12. The molecule has 0 fully saturated rings. The first-order valence-corrected chi connectivity index (χ1v) is 4.59. The van der Waals surface area contributed by atoms with E-state index in [9.17, 15) is 0 Å². The Morgan fingerprint density at radius 3 is 2.62 bits per heavy atom. The maximum absolute atomic E-state index is 5.76. The average Bonchev–Trinajstić information content (AvgIpc) is 2.62. The van der Waals surface area contributed by atoms with E-state index in [0.717, 1.165) is 4.88 Å². The van der Waals surface area contributed by atoms with Gasteiger partial charge in [0.25, 0.3) is 0 Å². The van der Waals surface area contributed by atoms with Gasteiger partial charge in [-0.25, -0.2) is 4.68 Å². The van der Waals surface area contributed by atoms with Crippen molar-refractivity contribution in [3.8, 4) is 10.7 Å². The van der Waals surface area contributed by atoms with E-state index in [0.29, 0.717) is 10.2 Å². The van der Waals surface area contributed by atoms with Crippen LogP contribution in [0.1, 0.15) is 0 Å². The minimum Gasteiger partial charge on any atom is -0.366 e. The fourth-order valence-electron chi connectivity index (χ4n) is 0.906. The number of hydrogen-bond donors (Lipinski definition) is 2. The quantitative estimate of drug-likeness (QED) is 0.694. The second-order valence-corrected chi connectivity index (χ2v) is 4.07. The maximum atomic E-state index is 5.76. The van der Waals surface area contributed by atoms with E-state index in [4.69, 9.17) is 23.2 Å². The molecule has 0 aromatic carbocycles. The summed E-state index contributed by atoms with van der Waals surface area (Å²) in [5.74, 6) is 6.28. The van der Waals surface area contributed by atoms with Crippen molar-refractivity contribution in [1.29, 1.82) is 0 Å². The molecule has 5 nitrogen and oxygen atoms in total. The number of aromatic nitrogens is 3. The van der Waals surface area contributed by atoms with Gasteiger partial charge in [-0.3, -0.25) is 0 Å². The van der Waals surface area contributed by atoms with Crippen LogP contribution >= 0.6 is 22.9 Å². The molecule has 4 N–H and O–H groups in total. The van der Waals surface area contributed by atoms with E-state index in [1.807, 2.05) is 6.07 Å². The van der Waals surface area contributed by atoms with Crippen LogP contribution in [0.3, 0.4) is 0 Å². The molecule has 13 heavy (non-hydrogen) atoms. The molecular formula is C6H6ClN5S. The van der Waals surface area contributed by atoms with Crippen LogP contribution in [0.25, 0.3) is 10.7 Å². The molecule has 0 aliphatic rings. The van der Waals surface area contributed by atoms with E-state index >= 15 is 0 Å². The van der Waals surface area contributed by atoms with Gasteiger partial charge < -0.3 is 11.6 Å². The zero-order valence-corrected chi connectivity index (χ0v) is 8.01. The fraction of sp³-hybridized carbons (Fsp3) is 0. The predicted octanol–water partition coefficient (Wildman–Crippen LogP) is 0.956. The van der Waals surface area contributed by atoms with Crippen molar-refractivity contribution in [1.82, 2.24) is 14.9 Å². The molecule has 0 spiro atoms. The second kappa shape index (κ2) is 2.90. The van der Waals surface area contributed by atoms with Gasteiger partial charge in [-0.15, -0.1) is 21.5 Å². The number of nitrogens with two attached hydrogens (primary N) is 2. The smallest absolute Gasteiger partial charge is 0.241 e. The Hall–Kier alpha value is -1.27. The summed E-state index contributed by atoms with van der Waals surface area (Å²) in [6.45, 7) is 0. The van der Waals surface area contributed by atoms with Crippen LogP contribution < -0.4 is 11.6 Å². The highest BCUT2D eigenvalue weighted by atomic mass is 35.5. The largest absolute Gasteiger partial charge is 0.366 e. The van der Waals surface area contributed by atoms with Crippen LogP contribution in [-0.2, 0) is 0 Å². The average molecular weight is 216 g/mol. The lowest BCUT2D eigenvalue weighted by molar-refractivity contribution is 1.03. The van der Waals surface area contributed by atoms with Crippen molar-refractivity contribution in [3.05, 3.63) is 16.5 Å². The van der Waals surface area contributed by atoms with Gasteiger partial charge in [-0.05, 0) is 12.1 Å². The lowest BCUT2D eigenvalue weighted by atomic mass is 10.4. The fourth-order valence-corrected chi connectivity index (χ4v) is 1.93. The van der Waals surface area contributed by atoms with E-state index in [2.05, 4.69) is 10.2 Å². The number of nitrogen functional groups attached to an aromatic ring is 2. The highest BCUT2D eigenvalue weighted by Crippen LogP contribution is 2.29. The first-order chi connectivity index (χ1) is 6.18. The van der Waals surface area contributed by atoms with Crippen LogP contribution in [0.15, 0.2) is 12.1 Å². The number of halogens is 1.